The maximum Gasteiger partial charge on any atom is 0.586 e. The highest BCUT2D eigenvalue weighted by Crippen LogP contribution is 2.47. The molecule has 1 N–H and O–H groups in total. The van der Waals surface area contributed by atoms with Gasteiger partial charge in [0.15, 0.2) is 11.5 Å². The third-order valence-corrected chi connectivity index (χ3v) is 4.05. The molecule has 136 valence electrons. The normalized spacial score (nSPS) is 19.8. The maximum absolute atomic E-state index is 13.4. The Kier molecular flexibility index (Phi) is 7.73. The molecular weight excluding hydrogens is 361 g/mol. The van der Waals surface area contributed by atoms with Crippen LogP contribution in [0.25, 0.3) is 0 Å². The van der Waals surface area contributed by atoms with E-state index in [1.807, 2.05) is 12.1 Å². The van der Waals surface area contributed by atoms with Crippen molar-refractivity contribution in [1.29, 1.82) is 0 Å². The summed E-state index contributed by atoms with van der Waals surface area (Å²) in [5, 5.41) is 3.30. The van der Waals surface area contributed by atoms with Gasteiger partial charge in [0.05, 0.1) is 0 Å². The van der Waals surface area contributed by atoms with Crippen LogP contribution in [0.3, 0.4) is 0 Å². The lowest BCUT2D eigenvalue weighted by atomic mass is 9.98. The zero-order valence-electron chi connectivity index (χ0n) is 13.2. The molecule has 8 heteroatoms. The van der Waals surface area contributed by atoms with Crippen LogP contribution in [-0.2, 0) is 0 Å². The molecule has 0 unspecified atom stereocenters. The first-order chi connectivity index (χ1) is 10.6. The molecule has 0 saturated carbocycles. The molecule has 0 amide bonds. The lowest BCUT2D eigenvalue weighted by Gasteiger charge is -2.35. The molecule has 0 radical (unpaired) electrons. The predicted molar refractivity (Wildman–Crippen MR) is 93.8 cm³/mol. The molecule has 3 rings (SSSR count). The van der Waals surface area contributed by atoms with Crippen LogP contribution in [0.1, 0.15) is 24.4 Å². The molecule has 1 fully saturated rings. The largest absolute Gasteiger partial charge is 0.586 e. The molecule has 1 aromatic carbocycles. The molecule has 2 aliphatic rings. The summed E-state index contributed by atoms with van der Waals surface area (Å²) in [6.07, 6.45) is -0.0976. The van der Waals surface area contributed by atoms with Crippen molar-refractivity contribution in [2.75, 3.05) is 26.2 Å². The second-order valence-electron chi connectivity index (χ2n) is 5.51. The van der Waals surface area contributed by atoms with Crippen LogP contribution in [0.5, 0.6) is 11.5 Å². The summed E-state index contributed by atoms with van der Waals surface area (Å²) < 4.78 is 36.1. The Bertz CT molecular complexity index is 555. The van der Waals surface area contributed by atoms with Crippen molar-refractivity contribution >= 4 is 24.8 Å². The maximum atomic E-state index is 13.4. The second kappa shape index (κ2) is 8.85. The van der Waals surface area contributed by atoms with Gasteiger partial charge >= 0.3 is 6.29 Å². The molecule has 2 heterocycles. The van der Waals surface area contributed by atoms with Crippen LogP contribution < -0.4 is 14.8 Å². The Balaban J connectivity index is 0.00000144. The lowest BCUT2D eigenvalue weighted by Crippen LogP contribution is -2.45. The van der Waals surface area contributed by atoms with Crippen molar-refractivity contribution in [1.82, 2.24) is 10.2 Å². The van der Waals surface area contributed by atoms with Crippen LogP contribution in [0.15, 0.2) is 30.9 Å². The monoisotopic (exact) mass is 382 g/mol. The summed E-state index contributed by atoms with van der Waals surface area (Å²) in [6, 6.07) is 5.12. The number of ether oxygens (including phenoxy) is 2. The molecule has 0 spiro atoms. The minimum absolute atomic E-state index is 0. The smallest absolute Gasteiger partial charge is 0.395 e. The van der Waals surface area contributed by atoms with Crippen molar-refractivity contribution in [2.24, 2.45) is 0 Å². The quantitative estimate of drug-likeness (QED) is 0.786. The zero-order chi connectivity index (χ0) is 15.6. The average molecular weight is 383 g/mol. The Morgan fingerprint density at radius 2 is 1.96 bits per heavy atom. The van der Waals surface area contributed by atoms with Gasteiger partial charge in [0.1, 0.15) is 0 Å². The summed E-state index contributed by atoms with van der Waals surface area (Å²) in [6.45, 7) is 7.31. The first kappa shape index (κ1) is 21.0. The van der Waals surface area contributed by atoms with Gasteiger partial charge in [-0.2, -0.15) is 0 Å². The fourth-order valence-electron chi connectivity index (χ4n) is 3.06. The van der Waals surface area contributed by atoms with E-state index in [1.165, 1.54) is 6.07 Å². The third kappa shape index (κ3) is 4.51. The number of benzene rings is 1. The fourth-order valence-corrected chi connectivity index (χ4v) is 3.06. The summed E-state index contributed by atoms with van der Waals surface area (Å²) in [5.41, 5.74) is 0.762. The Morgan fingerprint density at radius 1 is 1.25 bits per heavy atom. The van der Waals surface area contributed by atoms with Gasteiger partial charge in [-0.05, 0) is 18.9 Å². The SMILES string of the molecule is C=CCC[C@@H](c1cccc2c1OC(F)(F)O2)N1CCNCC1.Cl.Cl. The van der Waals surface area contributed by atoms with E-state index in [4.69, 9.17) is 4.74 Å². The Labute approximate surface area is 153 Å². The van der Waals surface area contributed by atoms with E-state index in [9.17, 15) is 8.78 Å². The Hall–Kier alpha value is -1.08. The van der Waals surface area contributed by atoms with E-state index in [2.05, 4.69) is 21.5 Å². The number of alkyl halides is 2. The summed E-state index contributed by atoms with van der Waals surface area (Å²) >= 11 is 0. The van der Waals surface area contributed by atoms with Crippen LogP contribution in [0, 0.1) is 0 Å². The number of nitrogens with one attached hydrogen (secondary N) is 1. The molecule has 24 heavy (non-hydrogen) atoms. The molecule has 4 nitrogen and oxygen atoms in total. The first-order valence-corrected chi connectivity index (χ1v) is 7.55. The van der Waals surface area contributed by atoms with Crippen molar-refractivity contribution in [3.8, 4) is 11.5 Å². The summed E-state index contributed by atoms with van der Waals surface area (Å²) in [4.78, 5) is 2.30. The number of nitrogens with zero attached hydrogens (tertiary/aromatic N) is 1. The van der Waals surface area contributed by atoms with Crippen LogP contribution >= 0.6 is 24.8 Å². The minimum Gasteiger partial charge on any atom is -0.395 e. The molecule has 1 saturated heterocycles. The van der Waals surface area contributed by atoms with Crippen molar-refractivity contribution in [3.63, 3.8) is 0 Å². The number of fused-ring (bicyclic) bond motifs is 1. The number of halogens is 4. The van der Waals surface area contributed by atoms with E-state index >= 15 is 0 Å². The summed E-state index contributed by atoms with van der Waals surface area (Å²) in [7, 11) is 0. The molecule has 0 bridgehead atoms. The van der Waals surface area contributed by atoms with Gasteiger partial charge in [-0.15, -0.1) is 40.2 Å². The average Bonchev–Trinajstić information content (AvgIpc) is 2.83. The standard InChI is InChI=1S/C16H20F2N2O2.2ClH/c1-2-3-6-13(20-10-8-19-9-11-20)12-5-4-7-14-15(12)22-16(17,18)21-14;;/h2,4-5,7,13,19H,1,3,6,8-11H2;2*1H/t13-;;/m0../s1. The Morgan fingerprint density at radius 3 is 2.62 bits per heavy atom. The number of hydrogen-bond donors (Lipinski definition) is 1. The van der Waals surface area contributed by atoms with Gasteiger partial charge < -0.3 is 14.8 Å². The van der Waals surface area contributed by atoms with E-state index in [0.29, 0.717) is 0 Å². The van der Waals surface area contributed by atoms with Gasteiger partial charge in [-0.1, -0.05) is 18.2 Å². The highest BCUT2D eigenvalue weighted by Gasteiger charge is 2.45. The summed E-state index contributed by atoms with van der Waals surface area (Å²) in [5.74, 6) is 0.279. The van der Waals surface area contributed by atoms with E-state index in [0.717, 1.165) is 44.6 Å². The molecule has 1 atom stereocenters. The zero-order valence-corrected chi connectivity index (χ0v) is 14.8. The van der Waals surface area contributed by atoms with Gasteiger partial charge in [0.2, 0.25) is 0 Å². The molecule has 0 aliphatic carbocycles. The molecule has 1 aromatic rings. The number of allylic oxidation sites excluding steroid dienone is 1. The van der Waals surface area contributed by atoms with Crippen molar-refractivity contribution in [2.45, 2.75) is 25.2 Å². The number of hydrogen-bond acceptors (Lipinski definition) is 4. The second-order valence-corrected chi connectivity index (χ2v) is 5.51. The van der Waals surface area contributed by atoms with E-state index in [1.54, 1.807) is 6.07 Å². The van der Waals surface area contributed by atoms with E-state index in [-0.39, 0.29) is 42.4 Å². The minimum atomic E-state index is -3.58. The highest BCUT2D eigenvalue weighted by molar-refractivity contribution is 5.85. The molecular formula is C16H22Cl2F2N2O2. The molecule has 0 aromatic heterocycles. The van der Waals surface area contributed by atoms with Crippen molar-refractivity contribution < 1.29 is 18.3 Å². The molecule has 2 aliphatic heterocycles. The van der Waals surface area contributed by atoms with E-state index < -0.39 is 6.29 Å². The lowest BCUT2D eigenvalue weighted by molar-refractivity contribution is -0.287. The van der Waals surface area contributed by atoms with Gasteiger partial charge in [-0.25, -0.2) is 0 Å². The van der Waals surface area contributed by atoms with Gasteiger partial charge in [-0.3, -0.25) is 4.90 Å². The number of para-hydroxylation sites is 1. The number of rotatable bonds is 5. The highest BCUT2D eigenvalue weighted by atomic mass is 35.5. The number of piperazine rings is 1. The first-order valence-electron chi connectivity index (χ1n) is 7.55. The van der Waals surface area contributed by atoms with Gasteiger partial charge in [0, 0.05) is 37.8 Å². The fraction of sp³-hybridized carbons (Fsp3) is 0.500. The third-order valence-electron chi connectivity index (χ3n) is 4.05. The van der Waals surface area contributed by atoms with Gasteiger partial charge in [0.25, 0.3) is 0 Å². The van der Waals surface area contributed by atoms with Crippen LogP contribution in [-0.4, -0.2) is 37.4 Å². The topological polar surface area (TPSA) is 33.7 Å². The predicted octanol–water partition coefficient (Wildman–Crippen LogP) is 3.76. The van der Waals surface area contributed by atoms with Crippen LogP contribution in [0.2, 0.25) is 0 Å². The van der Waals surface area contributed by atoms with Crippen LogP contribution in [0.4, 0.5) is 8.78 Å². The van der Waals surface area contributed by atoms with Crippen molar-refractivity contribution in [3.05, 3.63) is 36.4 Å².